The number of aryl methyl sites for hydroxylation is 1. The van der Waals surface area contributed by atoms with E-state index >= 15 is 0 Å². The highest BCUT2D eigenvalue weighted by molar-refractivity contribution is 5.05. The van der Waals surface area contributed by atoms with Crippen molar-refractivity contribution in [3.63, 3.8) is 0 Å². The second-order valence-electron chi connectivity index (χ2n) is 1.95. The van der Waals surface area contributed by atoms with E-state index in [9.17, 15) is 4.79 Å². The molecule has 0 aliphatic carbocycles. The molecule has 0 saturated carbocycles. The molecule has 0 fully saturated rings. The molecular formula is C6H10N2O2. The van der Waals surface area contributed by atoms with E-state index in [1.54, 1.807) is 7.05 Å². The molecule has 0 bridgehead atoms. The number of rotatable bonds is 2. The van der Waals surface area contributed by atoms with Gasteiger partial charge in [0.05, 0.1) is 12.7 Å². The van der Waals surface area contributed by atoms with Crippen molar-refractivity contribution >= 4 is 0 Å². The molecule has 1 aromatic heterocycles. The molecule has 0 spiro atoms. The monoisotopic (exact) mass is 142 g/mol. The van der Waals surface area contributed by atoms with Crippen molar-refractivity contribution in [3.05, 3.63) is 16.4 Å². The summed E-state index contributed by atoms with van der Waals surface area (Å²) in [6, 6.07) is 1.42. The predicted octanol–water partition coefficient (Wildman–Crippen LogP) is 0.112. The number of hydrogen-bond acceptors (Lipinski definition) is 2. The number of ether oxygens (including phenoxy) is 1. The lowest BCUT2D eigenvalue weighted by atomic mass is 10.7. The first-order valence-corrected chi connectivity index (χ1v) is 3.13. The molecule has 0 atom stereocenters. The molecule has 0 radical (unpaired) electrons. The Morgan fingerprint density at radius 1 is 1.80 bits per heavy atom. The fourth-order valence-corrected chi connectivity index (χ4v) is 0.691. The van der Waals surface area contributed by atoms with Crippen molar-refractivity contribution in [1.82, 2.24) is 9.78 Å². The van der Waals surface area contributed by atoms with Crippen LogP contribution in [0.1, 0.15) is 6.92 Å². The van der Waals surface area contributed by atoms with Gasteiger partial charge in [-0.1, -0.05) is 0 Å². The molecule has 0 aliphatic rings. The standard InChI is InChI=1S/C6H10N2O2/c1-3-10-5-4-6(9)8(2)7-5/h4,7H,3H2,1-2H3. The third-order valence-corrected chi connectivity index (χ3v) is 1.16. The Bertz CT molecular complexity index is 261. The fourth-order valence-electron chi connectivity index (χ4n) is 0.691. The number of aromatic amines is 1. The maximum absolute atomic E-state index is 10.8. The smallest absolute Gasteiger partial charge is 0.270 e. The van der Waals surface area contributed by atoms with E-state index in [0.29, 0.717) is 12.5 Å². The average molecular weight is 142 g/mol. The summed E-state index contributed by atoms with van der Waals surface area (Å²) in [5.41, 5.74) is -0.0801. The van der Waals surface area contributed by atoms with Gasteiger partial charge in [0.2, 0.25) is 5.88 Å². The van der Waals surface area contributed by atoms with Crippen LogP contribution in [0.3, 0.4) is 0 Å². The average Bonchev–Trinajstić information content (AvgIpc) is 2.14. The summed E-state index contributed by atoms with van der Waals surface area (Å²) in [4.78, 5) is 10.8. The van der Waals surface area contributed by atoms with Gasteiger partial charge < -0.3 is 4.74 Å². The summed E-state index contributed by atoms with van der Waals surface area (Å²) in [6.45, 7) is 2.44. The first-order valence-electron chi connectivity index (χ1n) is 3.13. The molecule has 10 heavy (non-hydrogen) atoms. The largest absolute Gasteiger partial charge is 0.478 e. The summed E-state index contributed by atoms with van der Waals surface area (Å²) in [7, 11) is 1.64. The zero-order valence-electron chi connectivity index (χ0n) is 6.05. The van der Waals surface area contributed by atoms with E-state index in [1.807, 2.05) is 6.92 Å². The second kappa shape index (κ2) is 2.60. The van der Waals surface area contributed by atoms with Crippen LogP contribution in [0.15, 0.2) is 10.9 Å². The van der Waals surface area contributed by atoms with Crippen LogP contribution in [-0.2, 0) is 7.05 Å². The molecular weight excluding hydrogens is 132 g/mol. The van der Waals surface area contributed by atoms with E-state index in [-0.39, 0.29) is 5.56 Å². The normalized spacial score (nSPS) is 9.80. The zero-order valence-corrected chi connectivity index (χ0v) is 6.05. The minimum Gasteiger partial charge on any atom is -0.478 e. The molecule has 4 nitrogen and oxygen atoms in total. The van der Waals surface area contributed by atoms with Crippen LogP contribution in [0.5, 0.6) is 5.88 Å². The maximum Gasteiger partial charge on any atom is 0.270 e. The Morgan fingerprint density at radius 3 is 2.90 bits per heavy atom. The van der Waals surface area contributed by atoms with Gasteiger partial charge in [-0.05, 0) is 6.92 Å². The maximum atomic E-state index is 10.8. The molecule has 0 aliphatic heterocycles. The van der Waals surface area contributed by atoms with Crippen LogP contribution in [-0.4, -0.2) is 16.4 Å². The molecule has 1 aromatic rings. The van der Waals surface area contributed by atoms with Crippen LogP contribution in [0.4, 0.5) is 0 Å². The number of nitrogens with zero attached hydrogens (tertiary/aromatic N) is 1. The van der Waals surface area contributed by atoms with E-state index in [2.05, 4.69) is 5.10 Å². The first-order chi connectivity index (χ1) is 4.74. The van der Waals surface area contributed by atoms with Gasteiger partial charge in [-0.25, -0.2) is 0 Å². The predicted molar refractivity (Wildman–Crippen MR) is 37.2 cm³/mol. The van der Waals surface area contributed by atoms with Gasteiger partial charge >= 0.3 is 0 Å². The molecule has 0 saturated heterocycles. The van der Waals surface area contributed by atoms with Gasteiger partial charge in [-0.15, -0.1) is 0 Å². The third-order valence-electron chi connectivity index (χ3n) is 1.16. The van der Waals surface area contributed by atoms with Crippen LogP contribution < -0.4 is 10.3 Å². The molecule has 0 aromatic carbocycles. The summed E-state index contributed by atoms with van der Waals surface area (Å²) in [5.74, 6) is 0.523. The van der Waals surface area contributed by atoms with Crippen LogP contribution >= 0.6 is 0 Å². The van der Waals surface area contributed by atoms with Crippen molar-refractivity contribution in [2.75, 3.05) is 6.61 Å². The number of H-pyrrole nitrogens is 1. The number of hydrogen-bond donors (Lipinski definition) is 1. The zero-order chi connectivity index (χ0) is 7.56. The van der Waals surface area contributed by atoms with E-state index in [1.165, 1.54) is 10.7 Å². The minimum atomic E-state index is -0.0801. The molecule has 1 heterocycles. The highest BCUT2D eigenvalue weighted by Gasteiger charge is 1.96. The fraction of sp³-hybridized carbons (Fsp3) is 0.500. The Kier molecular flexibility index (Phi) is 1.80. The number of nitrogens with one attached hydrogen (secondary N) is 1. The van der Waals surface area contributed by atoms with E-state index < -0.39 is 0 Å². The van der Waals surface area contributed by atoms with Crippen molar-refractivity contribution in [2.24, 2.45) is 7.05 Å². The number of aromatic nitrogens is 2. The highest BCUT2D eigenvalue weighted by atomic mass is 16.5. The second-order valence-corrected chi connectivity index (χ2v) is 1.95. The molecule has 56 valence electrons. The van der Waals surface area contributed by atoms with Gasteiger partial charge in [0.25, 0.3) is 5.56 Å². The molecule has 1 N–H and O–H groups in total. The Morgan fingerprint density at radius 2 is 2.50 bits per heavy atom. The lowest BCUT2D eigenvalue weighted by Crippen LogP contribution is -2.09. The highest BCUT2D eigenvalue weighted by Crippen LogP contribution is 1.98. The summed E-state index contributed by atoms with van der Waals surface area (Å²) < 4.78 is 6.40. The van der Waals surface area contributed by atoms with Crippen molar-refractivity contribution < 1.29 is 4.74 Å². The first kappa shape index (κ1) is 6.92. The van der Waals surface area contributed by atoms with E-state index in [4.69, 9.17) is 4.74 Å². The summed E-state index contributed by atoms with van der Waals surface area (Å²) >= 11 is 0. The minimum absolute atomic E-state index is 0.0801. The Balaban J connectivity index is 2.88. The molecule has 0 unspecified atom stereocenters. The molecule has 0 amide bonds. The Hall–Kier alpha value is -1.19. The van der Waals surface area contributed by atoms with Crippen molar-refractivity contribution in [2.45, 2.75) is 6.92 Å². The lowest BCUT2D eigenvalue weighted by molar-refractivity contribution is 0.323. The van der Waals surface area contributed by atoms with Gasteiger partial charge in [-0.2, -0.15) is 0 Å². The lowest BCUT2D eigenvalue weighted by Gasteiger charge is -1.95. The summed E-state index contributed by atoms with van der Waals surface area (Å²) in [5, 5.41) is 2.73. The van der Waals surface area contributed by atoms with Gasteiger partial charge in [-0.3, -0.25) is 14.6 Å². The van der Waals surface area contributed by atoms with E-state index in [0.717, 1.165) is 0 Å². The third kappa shape index (κ3) is 1.21. The molecule has 1 rings (SSSR count). The SMILES string of the molecule is CCOc1cc(=O)n(C)[nH]1. The molecule has 4 heteroatoms. The van der Waals surface area contributed by atoms with Gasteiger partial charge in [0.1, 0.15) is 0 Å². The van der Waals surface area contributed by atoms with Gasteiger partial charge in [0.15, 0.2) is 0 Å². The van der Waals surface area contributed by atoms with Crippen molar-refractivity contribution in [1.29, 1.82) is 0 Å². The van der Waals surface area contributed by atoms with Crippen LogP contribution in [0.25, 0.3) is 0 Å². The van der Waals surface area contributed by atoms with Crippen LogP contribution in [0.2, 0.25) is 0 Å². The quantitative estimate of drug-likeness (QED) is 0.637. The van der Waals surface area contributed by atoms with Crippen LogP contribution in [0, 0.1) is 0 Å². The topological polar surface area (TPSA) is 47.0 Å². The summed E-state index contributed by atoms with van der Waals surface area (Å²) in [6.07, 6.45) is 0. The van der Waals surface area contributed by atoms with Gasteiger partial charge in [0, 0.05) is 7.05 Å². The Labute approximate surface area is 58.4 Å². The van der Waals surface area contributed by atoms with Crippen molar-refractivity contribution in [3.8, 4) is 5.88 Å².